The van der Waals surface area contributed by atoms with E-state index in [1.807, 2.05) is 27.7 Å². The molecule has 0 spiro atoms. The Morgan fingerprint density at radius 3 is 2.17 bits per heavy atom. The zero-order chi connectivity index (χ0) is 14.3. The molecule has 0 bridgehead atoms. The predicted octanol–water partition coefficient (Wildman–Crippen LogP) is 2.34. The van der Waals surface area contributed by atoms with Gasteiger partial charge < -0.3 is 11.6 Å². The lowest BCUT2D eigenvalue weighted by Gasteiger charge is -1.98. The number of aryl methyl sites for hydroxylation is 1. The maximum Gasteiger partial charge on any atom is 0.151 e. The van der Waals surface area contributed by atoms with Gasteiger partial charge in [0, 0.05) is 5.70 Å². The maximum absolute atomic E-state index is 5.80. The van der Waals surface area contributed by atoms with E-state index in [1.165, 1.54) is 11.1 Å². The third-order valence-corrected chi connectivity index (χ3v) is 2.19. The second-order valence-electron chi connectivity index (χ2n) is 4.37. The van der Waals surface area contributed by atoms with Crippen LogP contribution in [0, 0.1) is 6.92 Å². The third-order valence-electron chi connectivity index (χ3n) is 2.19. The van der Waals surface area contributed by atoms with Gasteiger partial charge in [-0.05, 0) is 27.7 Å². The van der Waals surface area contributed by atoms with Gasteiger partial charge in [0.25, 0.3) is 0 Å². The van der Waals surface area contributed by atoms with Gasteiger partial charge in [-0.1, -0.05) is 25.8 Å². The van der Waals surface area contributed by atoms with Crippen molar-refractivity contribution in [1.29, 1.82) is 0 Å². The van der Waals surface area contributed by atoms with Crippen LogP contribution in [-0.4, -0.2) is 15.5 Å². The summed E-state index contributed by atoms with van der Waals surface area (Å²) in [5, 5.41) is 0. The molecule has 1 heterocycles. The number of amidine groups is 1. The summed E-state index contributed by atoms with van der Waals surface area (Å²) in [4.78, 5) is 8.43. The molecule has 0 saturated carbocycles. The van der Waals surface area contributed by atoms with E-state index in [9.17, 15) is 0 Å². The van der Waals surface area contributed by atoms with E-state index >= 15 is 0 Å². The number of nitrogens with two attached hydrogens (primary N) is 2. The molecule has 0 fully saturated rings. The Hall–Kier alpha value is -1.78. The number of rotatable bonds is 2. The van der Waals surface area contributed by atoms with E-state index in [1.54, 1.807) is 6.20 Å². The quantitative estimate of drug-likeness (QED) is 0.481. The van der Waals surface area contributed by atoms with Crippen molar-refractivity contribution < 1.29 is 0 Å². The zero-order valence-corrected chi connectivity index (χ0v) is 12.3. The van der Waals surface area contributed by atoms with Gasteiger partial charge >= 0.3 is 0 Å². The van der Waals surface area contributed by atoms with Crippen LogP contribution in [-0.2, 0) is 0 Å². The minimum atomic E-state index is 0.390. The molecule has 18 heavy (non-hydrogen) atoms. The van der Waals surface area contributed by atoms with E-state index in [-0.39, 0.29) is 0 Å². The van der Waals surface area contributed by atoms with E-state index in [0.29, 0.717) is 17.4 Å². The highest BCUT2D eigenvalue weighted by molar-refractivity contribution is 5.96. The molecular weight excluding hydrogens is 226 g/mol. The van der Waals surface area contributed by atoms with Crippen LogP contribution < -0.4 is 11.6 Å². The summed E-state index contributed by atoms with van der Waals surface area (Å²) in [6.45, 7) is 11.9. The summed E-state index contributed by atoms with van der Waals surface area (Å²) < 4.78 is 1.43. The third kappa shape index (κ3) is 5.03. The second-order valence-corrected chi connectivity index (χ2v) is 4.37. The molecule has 0 atom stereocenters. The van der Waals surface area contributed by atoms with Crippen LogP contribution in [0.4, 0.5) is 0 Å². The Labute approximate surface area is 110 Å². The number of hydrogen-bond acceptors (Lipinski definition) is 3. The molecule has 0 unspecified atom stereocenters. The molecule has 0 aromatic carbocycles. The first-order chi connectivity index (χ1) is 8.33. The fraction of sp³-hybridized carbons (Fsp3) is 0.538. The van der Waals surface area contributed by atoms with Crippen LogP contribution >= 0.6 is 0 Å². The fourth-order valence-electron chi connectivity index (χ4n) is 0.959. The first-order valence-electron chi connectivity index (χ1n) is 6.13. The van der Waals surface area contributed by atoms with Gasteiger partial charge in [0.2, 0.25) is 0 Å². The number of imidazole rings is 1. The Morgan fingerprint density at radius 1 is 1.33 bits per heavy atom. The van der Waals surface area contributed by atoms with E-state index in [2.05, 4.69) is 23.8 Å². The molecule has 0 amide bonds. The van der Waals surface area contributed by atoms with Crippen molar-refractivity contribution in [2.75, 3.05) is 5.84 Å². The van der Waals surface area contributed by atoms with Gasteiger partial charge in [0.15, 0.2) is 5.84 Å². The van der Waals surface area contributed by atoms with Crippen molar-refractivity contribution in [2.45, 2.75) is 48.0 Å². The summed E-state index contributed by atoms with van der Waals surface area (Å²) in [7, 11) is 0. The molecule has 0 aliphatic rings. The highest BCUT2D eigenvalue weighted by Crippen LogP contribution is 2.05. The summed E-state index contributed by atoms with van der Waals surface area (Å²) in [6, 6.07) is 0. The topological polar surface area (TPSA) is 82.2 Å². The van der Waals surface area contributed by atoms with Crippen LogP contribution in [0.2, 0.25) is 0 Å². The monoisotopic (exact) mass is 251 g/mol. The lowest BCUT2D eigenvalue weighted by Crippen LogP contribution is -2.14. The van der Waals surface area contributed by atoms with Crippen LogP contribution in [0.15, 0.2) is 22.5 Å². The number of hydrogen-bond donors (Lipinski definition) is 2. The maximum atomic E-state index is 5.80. The average Bonchev–Trinajstić information content (AvgIpc) is 2.60. The smallest absolute Gasteiger partial charge is 0.151 e. The fourth-order valence-corrected chi connectivity index (χ4v) is 0.959. The zero-order valence-electron chi connectivity index (χ0n) is 12.3. The normalized spacial score (nSPS) is 10.7. The summed E-state index contributed by atoms with van der Waals surface area (Å²) in [6.07, 6.45) is 2.91. The molecule has 0 saturated heterocycles. The van der Waals surface area contributed by atoms with Gasteiger partial charge in [0.1, 0.15) is 11.5 Å². The van der Waals surface area contributed by atoms with Gasteiger partial charge in [-0.3, -0.25) is 4.68 Å². The van der Waals surface area contributed by atoms with Crippen molar-refractivity contribution in [2.24, 2.45) is 10.7 Å². The van der Waals surface area contributed by atoms with Crippen molar-refractivity contribution >= 4 is 5.84 Å². The largest absolute Gasteiger partial charge is 0.382 e. The first kappa shape index (κ1) is 16.2. The Bertz CT molecular complexity index is 417. The molecule has 4 N–H and O–H groups in total. The number of aliphatic imine (C=N–C) groups is 1. The van der Waals surface area contributed by atoms with Crippen molar-refractivity contribution in [3.63, 3.8) is 0 Å². The average molecular weight is 251 g/mol. The minimum Gasteiger partial charge on any atom is -0.382 e. The van der Waals surface area contributed by atoms with Gasteiger partial charge in [-0.2, -0.15) is 0 Å². The minimum absolute atomic E-state index is 0.390. The van der Waals surface area contributed by atoms with Crippen LogP contribution in [0.3, 0.4) is 0 Å². The molecular formula is C13H25N5. The Kier molecular flexibility index (Phi) is 6.78. The van der Waals surface area contributed by atoms with Crippen LogP contribution in [0.25, 0.3) is 0 Å². The molecule has 1 aromatic rings. The Balaban J connectivity index is 0.000000873. The molecule has 0 aliphatic carbocycles. The van der Waals surface area contributed by atoms with Crippen LogP contribution in [0.1, 0.15) is 52.6 Å². The van der Waals surface area contributed by atoms with E-state index in [4.69, 9.17) is 11.6 Å². The molecule has 0 aliphatic heterocycles. The summed E-state index contributed by atoms with van der Waals surface area (Å²) >= 11 is 0. The molecule has 1 rings (SSSR count). The van der Waals surface area contributed by atoms with Gasteiger partial charge in [-0.25, -0.2) is 9.98 Å². The molecule has 0 radical (unpaired) electrons. The molecule has 5 nitrogen and oxygen atoms in total. The van der Waals surface area contributed by atoms with Crippen molar-refractivity contribution in [3.05, 3.63) is 29.0 Å². The predicted molar refractivity (Wildman–Crippen MR) is 77.9 cm³/mol. The van der Waals surface area contributed by atoms with Crippen molar-refractivity contribution in [1.82, 2.24) is 9.66 Å². The summed E-state index contributed by atoms with van der Waals surface area (Å²) in [5.41, 5.74) is 8.43. The lowest BCUT2D eigenvalue weighted by atomic mass is 10.3. The highest BCUT2D eigenvalue weighted by Gasteiger charge is 2.05. The van der Waals surface area contributed by atoms with Gasteiger partial charge in [-0.15, -0.1) is 0 Å². The number of nitrogens with zero attached hydrogens (tertiary/aromatic N) is 3. The molecule has 5 heteroatoms. The number of nitrogen functional groups attached to an aromatic ring is 1. The molecule has 1 aromatic heterocycles. The molecule has 102 valence electrons. The Morgan fingerprint density at radius 2 is 1.83 bits per heavy atom. The van der Waals surface area contributed by atoms with Crippen molar-refractivity contribution in [3.8, 4) is 0 Å². The second kappa shape index (κ2) is 7.53. The summed E-state index contributed by atoms with van der Waals surface area (Å²) in [5.74, 6) is 6.70. The standard InChI is InChI=1S/C10H17N5.C3H8/c1-6(2)7(3)13-10(11)9-5-15(12)8(4)14-9;1-3-2/h5H,12H2,1-4H3,(H2,11,13);3H2,1-2H3. The first-order valence-corrected chi connectivity index (χ1v) is 6.13. The SMILES string of the molecule is CC(C)=C(C)N=C(N)c1cn(N)c(C)n1.CCC. The highest BCUT2D eigenvalue weighted by atomic mass is 15.3. The lowest BCUT2D eigenvalue weighted by molar-refractivity contribution is 0.928. The van der Waals surface area contributed by atoms with Crippen LogP contribution in [0.5, 0.6) is 0 Å². The van der Waals surface area contributed by atoms with E-state index < -0.39 is 0 Å². The number of allylic oxidation sites excluding steroid dienone is 2. The van der Waals surface area contributed by atoms with Gasteiger partial charge in [0.05, 0.1) is 6.20 Å². The number of aromatic nitrogens is 2. The van der Waals surface area contributed by atoms with E-state index in [0.717, 1.165) is 11.3 Å².